The van der Waals surface area contributed by atoms with Crippen LogP contribution in [0.3, 0.4) is 0 Å². The number of rotatable bonds is 8. The Labute approximate surface area is 183 Å². The number of anilines is 1. The van der Waals surface area contributed by atoms with Gasteiger partial charge in [-0.3, -0.25) is 9.59 Å². The summed E-state index contributed by atoms with van der Waals surface area (Å²) in [6.07, 6.45) is 0. The van der Waals surface area contributed by atoms with Gasteiger partial charge in [-0.05, 0) is 43.3 Å². The molecule has 31 heavy (non-hydrogen) atoms. The summed E-state index contributed by atoms with van der Waals surface area (Å²) >= 11 is 1.17. The van der Waals surface area contributed by atoms with Crippen LogP contribution < -0.4 is 15.4 Å². The molecule has 3 aromatic rings. The van der Waals surface area contributed by atoms with E-state index in [0.717, 1.165) is 0 Å². The molecule has 0 aliphatic rings. The average molecular weight is 444 g/mol. The normalized spacial score (nSPS) is 11.6. The highest BCUT2D eigenvalue weighted by Crippen LogP contribution is 2.20. The number of methoxy groups -OCH3 is 1. The quantitative estimate of drug-likeness (QED) is 0.519. The third kappa shape index (κ3) is 5.60. The molecule has 0 bridgehead atoms. The number of carbonyl (C=O) groups excluding carboxylic acids is 2. The van der Waals surface area contributed by atoms with Gasteiger partial charge in [0.15, 0.2) is 11.0 Å². The maximum atomic E-state index is 13.6. The molecule has 0 aliphatic heterocycles. The van der Waals surface area contributed by atoms with Crippen molar-refractivity contribution in [3.8, 4) is 5.75 Å². The van der Waals surface area contributed by atoms with E-state index < -0.39 is 11.9 Å². The molecule has 162 valence electrons. The number of halogens is 1. The maximum Gasteiger partial charge on any atom is 0.251 e. The lowest BCUT2D eigenvalue weighted by Crippen LogP contribution is -2.28. The fourth-order valence-corrected chi connectivity index (χ4v) is 3.51. The Kier molecular flexibility index (Phi) is 7.24. The zero-order valence-electron chi connectivity index (χ0n) is 17.3. The molecular weight excluding hydrogens is 421 g/mol. The lowest BCUT2D eigenvalue weighted by molar-refractivity contribution is -0.113. The van der Waals surface area contributed by atoms with Crippen molar-refractivity contribution in [1.82, 2.24) is 20.1 Å². The lowest BCUT2D eigenvalue weighted by Gasteiger charge is -2.14. The van der Waals surface area contributed by atoms with Crippen LogP contribution in [0.4, 0.5) is 10.1 Å². The highest BCUT2D eigenvalue weighted by Gasteiger charge is 2.19. The van der Waals surface area contributed by atoms with Crippen LogP contribution in [-0.4, -0.2) is 39.4 Å². The molecule has 8 nitrogen and oxygen atoms in total. The second-order valence-electron chi connectivity index (χ2n) is 6.64. The van der Waals surface area contributed by atoms with Crippen molar-refractivity contribution in [2.75, 3.05) is 18.2 Å². The Bertz CT molecular complexity index is 1070. The molecule has 2 N–H and O–H groups in total. The molecule has 0 aliphatic carbocycles. The number of nitrogens with one attached hydrogen (secondary N) is 2. The van der Waals surface area contributed by atoms with Crippen LogP contribution in [0.25, 0.3) is 0 Å². The molecule has 3 rings (SSSR count). The predicted octanol–water partition coefficient (Wildman–Crippen LogP) is 3.18. The number of aromatic nitrogens is 3. The van der Waals surface area contributed by atoms with Gasteiger partial charge in [0.05, 0.1) is 24.6 Å². The standard InChI is InChI=1S/C21H22FN5O3S/c1-13(23-20(29)14-8-10-15(30-3)11-9-14)19-25-26-21(27(19)2)31-12-18(28)24-17-7-5-4-6-16(17)22/h4-11,13H,12H2,1-3H3,(H,23,29)(H,24,28)/t13-/m0/s1. The van der Waals surface area contributed by atoms with Crippen molar-refractivity contribution in [3.63, 3.8) is 0 Å². The largest absolute Gasteiger partial charge is 0.497 e. The molecule has 0 radical (unpaired) electrons. The van der Waals surface area contributed by atoms with Gasteiger partial charge in [-0.1, -0.05) is 23.9 Å². The van der Waals surface area contributed by atoms with E-state index in [0.29, 0.717) is 22.3 Å². The van der Waals surface area contributed by atoms with E-state index in [1.165, 1.54) is 23.9 Å². The molecule has 10 heteroatoms. The summed E-state index contributed by atoms with van der Waals surface area (Å²) in [4.78, 5) is 24.6. The summed E-state index contributed by atoms with van der Waals surface area (Å²) in [6, 6.07) is 12.3. The Morgan fingerprint density at radius 2 is 1.87 bits per heavy atom. The van der Waals surface area contributed by atoms with E-state index in [1.807, 2.05) is 0 Å². The van der Waals surface area contributed by atoms with E-state index >= 15 is 0 Å². The number of thioether (sulfide) groups is 1. The molecule has 2 amide bonds. The van der Waals surface area contributed by atoms with E-state index in [2.05, 4.69) is 20.8 Å². The second kappa shape index (κ2) is 10.1. The van der Waals surface area contributed by atoms with Gasteiger partial charge in [-0.25, -0.2) is 4.39 Å². The zero-order valence-corrected chi connectivity index (χ0v) is 18.1. The Balaban J connectivity index is 1.57. The predicted molar refractivity (Wildman–Crippen MR) is 116 cm³/mol. The number of benzene rings is 2. The van der Waals surface area contributed by atoms with Crippen LogP contribution in [0.1, 0.15) is 29.1 Å². The van der Waals surface area contributed by atoms with Crippen LogP contribution in [0.2, 0.25) is 0 Å². The van der Waals surface area contributed by atoms with Crippen LogP contribution in [-0.2, 0) is 11.8 Å². The SMILES string of the molecule is COc1ccc(C(=O)N[C@@H](C)c2nnc(SCC(=O)Nc3ccccc3F)n2C)cc1. The third-order valence-corrected chi connectivity index (χ3v) is 5.46. The number of carbonyl (C=O) groups is 2. The second-order valence-corrected chi connectivity index (χ2v) is 7.58. The van der Waals surface area contributed by atoms with Crippen molar-refractivity contribution >= 4 is 29.3 Å². The average Bonchev–Trinajstić information content (AvgIpc) is 3.14. The first-order chi connectivity index (χ1) is 14.9. The minimum absolute atomic E-state index is 0.0346. The van der Waals surface area contributed by atoms with Crippen LogP contribution >= 0.6 is 11.8 Å². The first kappa shape index (κ1) is 22.3. The summed E-state index contributed by atoms with van der Waals surface area (Å²) in [5, 5.41) is 14.1. The number of ether oxygens (including phenoxy) is 1. The molecule has 0 fully saturated rings. The molecule has 2 aromatic carbocycles. The number of hydrogen-bond donors (Lipinski definition) is 2. The fraction of sp³-hybridized carbons (Fsp3) is 0.238. The maximum absolute atomic E-state index is 13.6. The van der Waals surface area contributed by atoms with Crippen molar-refractivity contribution in [1.29, 1.82) is 0 Å². The summed E-state index contributed by atoms with van der Waals surface area (Å²) in [7, 11) is 3.31. The van der Waals surface area contributed by atoms with Gasteiger partial charge in [-0.15, -0.1) is 10.2 Å². The van der Waals surface area contributed by atoms with Gasteiger partial charge in [0.1, 0.15) is 11.6 Å². The minimum atomic E-state index is -0.497. The van der Waals surface area contributed by atoms with E-state index in [4.69, 9.17) is 4.74 Å². The molecule has 0 saturated carbocycles. The summed E-state index contributed by atoms with van der Waals surface area (Å²) < 4.78 is 20.4. The van der Waals surface area contributed by atoms with Crippen molar-refractivity contribution in [3.05, 3.63) is 65.7 Å². The van der Waals surface area contributed by atoms with Gasteiger partial charge in [0.2, 0.25) is 5.91 Å². The van der Waals surface area contributed by atoms with Gasteiger partial charge >= 0.3 is 0 Å². The minimum Gasteiger partial charge on any atom is -0.497 e. The first-order valence-corrected chi connectivity index (χ1v) is 10.4. The number of nitrogens with zero attached hydrogens (tertiary/aromatic N) is 3. The molecule has 1 aromatic heterocycles. The molecular formula is C21H22FN5O3S. The van der Waals surface area contributed by atoms with Gasteiger partial charge < -0.3 is 19.9 Å². The number of para-hydroxylation sites is 1. The van der Waals surface area contributed by atoms with Gasteiger partial charge in [-0.2, -0.15) is 0 Å². The summed E-state index contributed by atoms with van der Waals surface area (Å²) in [5.74, 6) is 0.130. The Morgan fingerprint density at radius 3 is 2.55 bits per heavy atom. The van der Waals surface area contributed by atoms with Crippen LogP contribution in [0.15, 0.2) is 53.7 Å². The molecule has 0 spiro atoms. The van der Waals surface area contributed by atoms with Crippen LogP contribution in [0.5, 0.6) is 5.75 Å². The van der Waals surface area contributed by atoms with Crippen molar-refractivity contribution in [2.45, 2.75) is 18.1 Å². The van der Waals surface area contributed by atoms with E-state index in [9.17, 15) is 14.0 Å². The topological polar surface area (TPSA) is 98.1 Å². The van der Waals surface area contributed by atoms with Crippen molar-refractivity contribution in [2.24, 2.45) is 7.05 Å². The monoisotopic (exact) mass is 443 g/mol. The smallest absolute Gasteiger partial charge is 0.251 e. The van der Waals surface area contributed by atoms with E-state index in [-0.39, 0.29) is 23.3 Å². The molecule has 0 saturated heterocycles. The number of amides is 2. The molecule has 1 atom stereocenters. The summed E-state index contributed by atoms with van der Waals surface area (Å²) in [5.41, 5.74) is 0.621. The fourth-order valence-electron chi connectivity index (χ4n) is 2.79. The zero-order chi connectivity index (χ0) is 22.4. The number of hydrogen-bond acceptors (Lipinski definition) is 6. The molecule has 1 heterocycles. The van der Waals surface area contributed by atoms with Gasteiger partial charge in [0.25, 0.3) is 5.91 Å². The highest BCUT2D eigenvalue weighted by molar-refractivity contribution is 7.99. The Hall–Kier alpha value is -3.40. The lowest BCUT2D eigenvalue weighted by atomic mass is 10.2. The van der Waals surface area contributed by atoms with Crippen molar-refractivity contribution < 1.29 is 18.7 Å². The Morgan fingerprint density at radius 1 is 1.16 bits per heavy atom. The van der Waals surface area contributed by atoms with Crippen LogP contribution in [0, 0.1) is 5.82 Å². The molecule has 0 unspecified atom stereocenters. The van der Waals surface area contributed by atoms with E-state index in [1.54, 1.807) is 62.0 Å². The summed E-state index contributed by atoms with van der Waals surface area (Å²) in [6.45, 7) is 1.80. The highest BCUT2D eigenvalue weighted by atomic mass is 32.2. The first-order valence-electron chi connectivity index (χ1n) is 9.40. The third-order valence-electron chi connectivity index (χ3n) is 4.44. The van der Waals surface area contributed by atoms with Gasteiger partial charge in [0, 0.05) is 12.6 Å².